The summed E-state index contributed by atoms with van der Waals surface area (Å²) in [5.74, 6) is -0.800. The van der Waals surface area contributed by atoms with Gasteiger partial charge >= 0.3 is 0 Å². The van der Waals surface area contributed by atoms with Crippen LogP contribution in [-0.4, -0.2) is 27.3 Å². The number of benzene rings is 1. The van der Waals surface area contributed by atoms with Crippen LogP contribution in [0.5, 0.6) is 0 Å². The van der Waals surface area contributed by atoms with Crippen molar-refractivity contribution in [1.82, 2.24) is 14.9 Å². The minimum Gasteiger partial charge on any atom is -0.357 e. The molecule has 3 aromatic rings. The van der Waals surface area contributed by atoms with Crippen LogP contribution in [0.2, 0.25) is 0 Å². The van der Waals surface area contributed by atoms with Crippen molar-refractivity contribution in [2.24, 2.45) is 0 Å². The quantitative estimate of drug-likeness (QED) is 0.661. The molecule has 3 heterocycles. The van der Waals surface area contributed by atoms with E-state index in [0.717, 1.165) is 33.1 Å². The molecule has 0 fully saturated rings. The van der Waals surface area contributed by atoms with Gasteiger partial charge in [0, 0.05) is 58.5 Å². The van der Waals surface area contributed by atoms with Gasteiger partial charge in [0.05, 0.1) is 5.52 Å². The second kappa shape index (κ2) is 5.45. The average molecular weight is 374 g/mol. The highest BCUT2D eigenvalue weighted by atomic mass is 79.9. The van der Waals surface area contributed by atoms with Crippen LogP contribution in [0.3, 0.4) is 0 Å². The molecular formula is C17H13BrFN3O. The molecule has 1 aliphatic rings. The summed E-state index contributed by atoms with van der Waals surface area (Å²) in [4.78, 5) is 21.3. The first-order chi connectivity index (χ1) is 11.1. The number of aromatic amines is 1. The maximum Gasteiger partial charge on any atom is 0.254 e. The number of halogens is 2. The third kappa shape index (κ3) is 2.43. The van der Waals surface area contributed by atoms with Gasteiger partial charge in [0.25, 0.3) is 5.91 Å². The summed E-state index contributed by atoms with van der Waals surface area (Å²) in [6.45, 7) is 1.13. The molecule has 116 valence electrons. The normalized spacial score (nSPS) is 14.1. The van der Waals surface area contributed by atoms with E-state index in [1.54, 1.807) is 11.0 Å². The van der Waals surface area contributed by atoms with Crippen LogP contribution >= 0.6 is 15.9 Å². The molecule has 0 saturated carbocycles. The Kier molecular flexibility index (Phi) is 3.41. The molecule has 6 heteroatoms. The summed E-state index contributed by atoms with van der Waals surface area (Å²) in [6, 6.07) is 8.76. The zero-order valence-corrected chi connectivity index (χ0v) is 13.7. The van der Waals surface area contributed by atoms with Crippen molar-refractivity contribution in [2.75, 3.05) is 6.54 Å². The molecule has 0 aliphatic carbocycles. The van der Waals surface area contributed by atoms with Crippen molar-refractivity contribution in [2.45, 2.75) is 13.0 Å². The van der Waals surface area contributed by atoms with E-state index in [1.165, 1.54) is 12.3 Å². The maximum atomic E-state index is 13.2. The molecule has 1 N–H and O–H groups in total. The van der Waals surface area contributed by atoms with Crippen LogP contribution in [0.4, 0.5) is 4.39 Å². The summed E-state index contributed by atoms with van der Waals surface area (Å²) >= 11 is 3.55. The number of nitrogens with one attached hydrogen (secondary N) is 1. The molecule has 2 aromatic heterocycles. The fourth-order valence-electron chi connectivity index (χ4n) is 3.09. The number of fused-ring (bicyclic) bond motifs is 3. The number of H-pyrrole nitrogens is 1. The fraction of sp³-hybridized carbons (Fsp3) is 0.176. The smallest absolute Gasteiger partial charge is 0.254 e. The summed E-state index contributed by atoms with van der Waals surface area (Å²) in [6.07, 6.45) is 2.08. The van der Waals surface area contributed by atoms with Gasteiger partial charge in [-0.15, -0.1) is 0 Å². The topological polar surface area (TPSA) is 49.0 Å². The predicted molar refractivity (Wildman–Crippen MR) is 88.6 cm³/mol. The molecule has 0 saturated heterocycles. The number of para-hydroxylation sites is 1. The summed E-state index contributed by atoms with van der Waals surface area (Å²) in [5, 5.41) is 1.12. The Morgan fingerprint density at radius 2 is 2.22 bits per heavy atom. The largest absolute Gasteiger partial charge is 0.357 e. The Balaban J connectivity index is 1.70. The van der Waals surface area contributed by atoms with Gasteiger partial charge in [-0.05, 0) is 28.1 Å². The van der Waals surface area contributed by atoms with Crippen LogP contribution in [0.15, 0.2) is 41.0 Å². The second-order valence-electron chi connectivity index (χ2n) is 5.59. The lowest BCUT2D eigenvalue weighted by atomic mass is 10.0. The Morgan fingerprint density at radius 1 is 1.35 bits per heavy atom. The van der Waals surface area contributed by atoms with Crippen LogP contribution in [0, 0.1) is 5.95 Å². The number of nitrogens with zero attached hydrogens (tertiary/aromatic N) is 2. The van der Waals surface area contributed by atoms with Crippen LogP contribution in [0.1, 0.15) is 21.6 Å². The average Bonchev–Trinajstić information content (AvgIpc) is 2.93. The molecule has 1 aromatic carbocycles. The lowest BCUT2D eigenvalue weighted by Gasteiger charge is -2.27. The van der Waals surface area contributed by atoms with Crippen molar-refractivity contribution >= 4 is 32.7 Å². The molecule has 4 nitrogen and oxygen atoms in total. The van der Waals surface area contributed by atoms with E-state index in [9.17, 15) is 9.18 Å². The van der Waals surface area contributed by atoms with Crippen molar-refractivity contribution in [3.05, 3.63) is 63.8 Å². The van der Waals surface area contributed by atoms with Crippen LogP contribution in [-0.2, 0) is 13.0 Å². The third-order valence-electron chi connectivity index (χ3n) is 4.22. The molecule has 1 amide bonds. The molecule has 23 heavy (non-hydrogen) atoms. The van der Waals surface area contributed by atoms with Gasteiger partial charge in [-0.25, -0.2) is 4.98 Å². The lowest BCUT2D eigenvalue weighted by molar-refractivity contribution is 0.0734. The van der Waals surface area contributed by atoms with Gasteiger partial charge in [0.2, 0.25) is 5.95 Å². The highest BCUT2D eigenvalue weighted by Gasteiger charge is 2.25. The number of pyridine rings is 1. The highest BCUT2D eigenvalue weighted by Crippen LogP contribution is 2.32. The minimum atomic E-state index is -0.635. The zero-order chi connectivity index (χ0) is 16.0. The maximum absolute atomic E-state index is 13.2. The number of hydrogen-bond acceptors (Lipinski definition) is 2. The molecule has 4 rings (SSSR count). The first-order valence-electron chi connectivity index (χ1n) is 7.32. The van der Waals surface area contributed by atoms with E-state index in [-0.39, 0.29) is 5.91 Å². The Bertz CT molecular complexity index is 921. The van der Waals surface area contributed by atoms with Crippen molar-refractivity contribution in [1.29, 1.82) is 0 Å². The van der Waals surface area contributed by atoms with Gasteiger partial charge in [0.15, 0.2) is 0 Å². The van der Waals surface area contributed by atoms with E-state index < -0.39 is 5.95 Å². The summed E-state index contributed by atoms with van der Waals surface area (Å²) in [7, 11) is 0. The standard InChI is InChI=1S/C17H13BrFN3O/c18-13-3-1-2-11-12-9-22(7-5-14(12)21-16(11)13)17(23)10-4-6-20-15(19)8-10/h1-4,6,8,21H,5,7,9H2. The second-order valence-corrected chi connectivity index (χ2v) is 6.44. The molecule has 0 unspecified atom stereocenters. The van der Waals surface area contributed by atoms with Gasteiger partial charge < -0.3 is 9.88 Å². The number of amides is 1. The minimum absolute atomic E-state index is 0.165. The van der Waals surface area contributed by atoms with Crippen LogP contribution < -0.4 is 0 Å². The number of carbonyl (C=O) groups excluding carboxylic acids is 1. The molecule has 0 atom stereocenters. The number of carbonyl (C=O) groups is 1. The lowest BCUT2D eigenvalue weighted by Crippen LogP contribution is -2.35. The van der Waals surface area contributed by atoms with Crippen molar-refractivity contribution < 1.29 is 9.18 Å². The highest BCUT2D eigenvalue weighted by molar-refractivity contribution is 9.10. The molecular weight excluding hydrogens is 361 g/mol. The predicted octanol–water partition coefficient (Wildman–Crippen LogP) is 3.66. The Hall–Kier alpha value is -2.21. The van der Waals surface area contributed by atoms with E-state index in [1.807, 2.05) is 12.1 Å². The number of aromatic nitrogens is 2. The molecule has 0 bridgehead atoms. The zero-order valence-electron chi connectivity index (χ0n) is 12.1. The first-order valence-corrected chi connectivity index (χ1v) is 8.11. The molecule has 0 radical (unpaired) electrons. The molecule has 0 spiro atoms. The summed E-state index contributed by atoms with van der Waals surface area (Å²) < 4.78 is 14.3. The van der Waals surface area contributed by atoms with E-state index in [2.05, 4.69) is 32.0 Å². The van der Waals surface area contributed by atoms with Crippen molar-refractivity contribution in [3.63, 3.8) is 0 Å². The number of hydrogen-bond donors (Lipinski definition) is 1. The monoisotopic (exact) mass is 373 g/mol. The van der Waals surface area contributed by atoms with Crippen LogP contribution in [0.25, 0.3) is 10.9 Å². The van der Waals surface area contributed by atoms with E-state index in [0.29, 0.717) is 18.7 Å². The van der Waals surface area contributed by atoms with E-state index in [4.69, 9.17) is 0 Å². The third-order valence-corrected chi connectivity index (χ3v) is 4.88. The van der Waals surface area contributed by atoms with Gasteiger partial charge in [-0.2, -0.15) is 4.39 Å². The summed E-state index contributed by atoms with van der Waals surface area (Å²) in [5.41, 5.74) is 3.69. The SMILES string of the molecule is O=C(c1ccnc(F)c1)N1CCc2[nH]c3c(Br)cccc3c2C1. The van der Waals surface area contributed by atoms with E-state index >= 15 is 0 Å². The Labute approximate surface area is 140 Å². The van der Waals surface area contributed by atoms with Gasteiger partial charge in [-0.1, -0.05) is 12.1 Å². The first kappa shape index (κ1) is 14.4. The van der Waals surface area contributed by atoms with Gasteiger partial charge in [0.1, 0.15) is 0 Å². The van der Waals surface area contributed by atoms with Gasteiger partial charge in [-0.3, -0.25) is 4.79 Å². The van der Waals surface area contributed by atoms with Crippen molar-refractivity contribution in [3.8, 4) is 0 Å². The molecule has 1 aliphatic heterocycles. The fourth-order valence-corrected chi connectivity index (χ4v) is 3.56. The Morgan fingerprint density at radius 3 is 3.04 bits per heavy atom. The number of rotatable bonds is 1.